The quantitative estimate of drug-likeness (QED) is 0.940. The molecule has 0 unspecified atom stereocenters. The highest BCUT2D eigenvalue weighted by atomic mass is 16.4. The molecule has 0 saturated heterocycles. The second-order valence-corrected chi connectivity index (χ2v) is 6.40. The molecule has 0 amide bonds. The van der Waals surface area contributed by atoms with Crippen molar-refractivity contribution in [2.75, 3.05) is 29.4 Å². The molecule has 0 atom stereocenters. The number of para-hydroxylation sites is 2. The van der Waals surface area contributed by atoms with Gasteiger partial charge in [0.1, 0.15) is 12.0 Å². The molecule has 1 N–H and O–H groups in total. The van der Waals surface area contributed by atoms with Gasteiger partial charge in [-0.2, -0.15) is 0 Å². The Morgan fingerprint density at radius 1 is 1.13 bits per heavy atom. The van der Waals surface area contributed by atoms with Gasteiger partial charge in [0, 0.05) is 25.7 Å². The minimum Gasteiger partial charge on any atom is -0.502 e. The fourth-order valence-electron chi connectivity index (χ4n) is 3.16. The van der Waals surface area contributed by atoms with Gasteiger partial charge in [-0.25, -0.2) is 0 Å². The first-order valence-electron chi connectivity index (χ1n) is 8.10. The SMILES string of the molecule is O=c1cc(CN2CCN(CC3CC3)c3ccccc32)occ1O. The summed E-state index contributed by atoms with van der Waals surface area (Å²) in [6.45, 7) is 3.55. The molecule has 1 aliphatic heterocycles. The predicted octanol–water partition coefficient (Wildman–Crippen LogP) is 2.58. The number of hydrogen-bond acceptors (Lipinski definition) is 5. The number of rotatable bonds is 4. The number of anilines is 2. The maximum Gasteiger partial charge on any atom is 0.226 e. The lowest BCUT2D eigenvalue weighted by Crippen LogP contribution is -2.41. The van der Waals surface area contributed by atoms with E-state index in [9.17, 15) is 9.90 Å². The zero-order valence-electron chi connectivity index (χ0n) is 12.9. The molecule has 0 radical (unpaired) electrons. The highest BCUT2D eigenvalue weighted by Gasteiger charge is 2.29. The molecule has 2 heterocycles. The van der Waals surface area contributed by atoms with Crippen molar-refractivity contribution in [2.24, 2.45) is 5.92 Å². The first-order chi connectivity index (χ1) is 11.2. The lowest BCUT2D eigenvalue weighted by molar-refractivity contribution is 0.411. The average Bonchev–Trinajstić information content (AvgIpc) is 3.37. The van der Waals surface area contributed by atoms with E-state index in [1.54, 1.807) is 0 Å². The molecule has 0 spiro atoms. The summed E-state index contributed by atoms with van der Waals surface area (Å²) >= 11 is 0. The minimum atomic E-state index is -0.396. The normalized spacial score (nSPS) is 17.2. The Morgan fingerprint density at radius 3 is 2.52 bits per heavy atom. The van der Waals surface area contributed by atoms with Gasteiger partial charge in [-0.15, -0.1) is 0 Å². The minimum absolute atomic E-state index is 0.344. The van der Waals surface area contributed by atoms with E-state index in [1.807, 2.05) is 6.07 Å². The van der Waals surface area contributed by atoms with Crippen LogP contribution in [0.15, 0.2) is 45.8 Å². The highest BCUT2D eigenvalue weighted by Crippen LogP contribution is 2.37. The van der Waals surface area contributed by atoms with Crippen LogP contribution in [0.1, 0.15) is 18.6 Å². The number of hydrogen-bond donors (Lipinski definition) is 1. The number of aromatic hydroxyl groups is 1. The monoisotopic (exact) mass is 312 g/mol. The molecule has 2 aromatic rings. The van der Waals surface area contributed by atoms with Crippen molar-refractivity contribution in [3.63, 3.8) is 0 Å². The number of benzene rings is 1. The summed E-state index contributed by atoms with van der Waals surface area (Å²) in [5.41, 5.74) is 2.04. The van der Waals surface area contributed by atoms with Crippen molar-refractivity contribution in [1.29, 1.82) is 0 Å². The topological polar surface area (TPSA) is 56.9 Å². The van der Waals surface area contributed by atoms with Crippen LogP contribution in [0, 0.1) is 5.92 Å². The molecule has 120 valence electrons. The summed E-state index contributed by atoms with van der Waals surface area (Å²) < 4.78 is 5.35. The van der Waals surface area contributed by atoms with Gasteiger partial charge in [0.05, 0.1) is 17.9 Å². The van der Waals surface area contributed by atoms with Crippen molar-refractivity contribution < 1.29 is 9.52 Å². The van der Waals surface area contributed by atoms with E-state index in [0.717, 1.165) is 31.8 Å². The molecule has 1 aromatic carbocycles. The lowest BCUT2D eigenvalue weighted by Gasteiger charge is -2.38. The van der Waals surface area contributed by atoms with Gasteiger partial charge in [0.15, 0.2) is 5.75 Å². The maximum absolute atomic E-state index is 11.6. The van der Waals surface area contributed by atoms with E-state index in [4.69, 9.17) is 4.42 Å². The van der Waals surface area contributed by atoms with E-state index in [2.05, 4.69) is 28.0 Å². The maximum atomic E-state index is 11.6. The van der Waals surface area contributed by atoms with Crippen molar-refractivity contribution in [1.82, 2.24) is 0 Å². The summed E-state index contributed by atoms with van der Waals surface area (Å²) in [5.74, 6) is 1.08. The molecule has 0 bridgehead atoms. The number of fused-ring (bicyclic) bond motifs is 1. The van der Waals surface area contributed by atoms with Gasteiger partial charge < -0.3 is 19.3 Å². The summed E-state index contributed by atoms with van der Waals surface area (Å²) in [7, 11) is 0. The molecular weight excluding hydrogens is 292 g/mol. The number of nitrogens with zero attached hydrogens (tertiary/aromatic N) is 2. The van der Waals surface area contributed by atoms with Crippen LogP contribution in [0.4, 0.5) is 11.4 Å². The van der Waals surface area contributed by atoms with Gasteiger partial charge >= 0.3 is 0 Å². The molecule has 2 aliphatic rings. The smallest absolute Gasteiger partial charge is 0.226 e. The fraction of sp³-hybridized carbons (Fsp3) is 0.389. The van der Waals surface area contributed by atoms with E-state index < -0.39 is 5.43 Å². The third-order valence-electron chi connectivity index (χ3n) is 4.59. The Morgan fingerprint density at radius 2 is 1.83 bits per heavy atom. The van der Waals surface area contributed by atoms with Crippen LogP contribution in [0.25, 0.3) is 0 Å². The first kappa shape index (κ1) is 14.2. The summed E-state index contributed by atoms with van der Waals surface area (Å²) in [6, 6.07) is 9.76. The van der Waals surface area contributed by atoms with Gasteiger partial charge in [0.25, 0.3) is 0 Å². The third kappa shape index (κ3) is 2.91. The highest BCUT2D eigenvalue weighted by molar-refractivity contribution is 5.73. The van der Waals surface area contributed by atoms with Gasteiger partial charge in [-0.1, -0.05) is 12.1 Å². The molecule has 1 fully saturated rings. The van der Waals surface area contributed by atoms with Crippen LogP contribution in [-0.4, -0.2) is 24.7 Å². The summed E-state index contributed by atoms with van der Waals surface area (Å²) in [4.78, 5) is 16.3. The van der Waals surface area contributed by atoms with Crippen molar-refractivity contribution in [3.05, 3.63) is 52.6 Å². The Labute approximate surface area is 134 Å². The van der Waals surface area contributed by atoms with Crippen molar-refractivity contribution >= 4 is 11.4 Å². The molecule has 5 nitrogen and oxygen atoms in total. The molecule has 1 aromatic heterocycles. The molecule has 4 rings (SSSR count). The fourth-order valence-corrected chi connectivity index (χ4v) is 3.16. The van der Waals surface area contributed by atoms with Crippen LogP contribution >= 0.6 is 0 Å². The Balaban J connectivity index is 1.59. The van der Waals surface area contributed by atoms with Crippen LogP contribution in [-0.2, 0) is 6.54 Å². The summed E-state index contributed by atoms with van der Waals surface area (Å²) in [6.07, 6.45) is 3.81. The second-order valence-electron chi connectivity index (χ2n) is 6.40. The average molecular weight is 312 g/mol. The van der Waals surface area contributed by atoms with Crippen LogP contribution in [0.2, 0.25) is 0 Å². The largest absolute Gasteiger partial charge is 0.502 e. The molecular formula is C18H20N2O3. The van der Waals surface area contributed by atoms with Crippen LogP contribution in [0.3, 0.4) is 0 Å². The Hall–Kier alpha value is -2.43. The molecule has 1 saturated carbocycles. The van der Waals surface area contributed by atoms with E-state index >= 15 is 0 Å². The van der Waals surface area contributed by atoms with E-state index in [1.165, 1.54) is 30.3 Å². The Kier molecular flexibility index (Phi) is 3.48. The lowest BCUT2D eigenvalue weighted by atomic mass is 10.1. The van der Waals surface area contributed by atoms with Crippen LogP contribution in [0.5, 0.6) is 5.75 Å². The standard InChI is InChI=1S/C18H20N2O3/c21-17-9-14(23-12-18(17)22)11-20-8-7-19(10-13-5-6-13)15-3-1-2-4-16(15)20/h1-4,9,12-13,22H,5-8,10-11H2. The van der Waals surface area contributed by atoms with E-state index in [-0.39, 0.29) is 5.75 Å². The zero-order valence-corrected chi connectivity index (χ0v) is 12.9. The zero-order chi connectivity index (χ0) is 15.8. The van der Waals surface area contributed by atoms with Gasteiger partial charge in [-0.05, 0) is 30.9 Å². The second kappa shape index (κ2) is 5.65. The predicted molar refractivity (Wildman–Crippen MR) is 89.1 cm³/mol. The third-order valence-corrected chi connectivity index (χ3v) is 4.59. The van der Waals surface area contributed by atoms with Gasteiger partial charge in [0.2, 0.25) is 5.43 Å². The van der Waals surface area contributed by atoms with Crippen LogP contribution < -0.4 is 15.2 Å². The summed E-state index contributed by atoms with van der Waals surface area (Å²) in [5, 5.41) is 9.31. The first-order valence-corrected chi connectivity index (χ1v) is 8.10. The van der Waals surface area contributed by atoms with Gasteiger partial charge in [-0.3, -0.25) is 4.79 Å². The van der Waals surface area contributed by atoms with Crippen molar-refractivity contribution in [3.8, 4) is 5.75 Å². The molecule has 1 aliphatic carbocycles. The molecule has 23 heavy (non-hydrogen) atoms. The van der Waals surface area contributed by atoms with Crippen molar-refractivity contribution in [2.45, 2.75) is 19.4 Å². The molecule has 5 heteroatoms. The Bertz CT molecular complexity index is 767. The van der Waals surface area contributed by atoms with E-state index in [0.29, 0.717) is 12.3 Å².